The summed E-state index contributed by atoms with van der Waals surface area (Å²) in [4.78, 5) is 0. The molecule has 2 heteroatoms. The average Bonchev–Trinajstić information content (AvgIpc) is 2.31. The van der Waals surface area contributed by atoms with E-state index in [9.17, 15) is 4.39 Å². The second-order valence-corrected chi connectivity index (χ2v) is 3.66. The van der Waals surface area contributed by atoms with Crippen molar-refractivity contribution >= 4 is 0 Å². The number of aryl methyl sites for hydroxylation is 1. The van der Waals surface area contributed by atoms with Gasteiger partial charge in [-0.25, -0.2) is 4.39 Å². The van der Waals surface area contributed by atoms with Crippen LogP contribution in [0.15, 0.2) is 42.5 Å². The van der Waals surface area contributed by atoms with Crippen molar-refractivity contribution < 1.29 is 9.13 Å². The van der Waals surface area contributed by atoms with E-state index >= 15 is 0 Å². The van der Waals surface area contributed by atoms with E-state index in [0.717, 1.165) is 11.1 Å². The summed E-state index contributed by atoms with van der Waals surface area (Å²) in [6.45, 7) is 1.97. The lowest BCUT2D eigenvalue weighted by atomic mass is 10.00. The largest absolute Gasteiger partial charge is 0.497 e. The molecule has 0 saturated heterocycles. The first kappa shape index (κ1) is 10.7. The topological polar surface area (TPSA) is 9.23 Å². The summed E-state index contributed by atoms with van der Waals surface area (Å²) in [6.07, 6.45) is 0. The molecule has 0 bridgehead atoms. The maximum absolute atomic E-state index is 13.7. The SMILES string of the molecule is COc1ccc(F)c(-c2ccccc2C)c1. The Morgan fingerprint density at radius 2 is 1.75 bits per heavy atom. The van der Waals surface area contributed by atoms with Gasteiger partial charge in [0, 0.05) is 5.56 Å². The maximum Gasteiger partial charge on any atom is 0.131 e. The molecule has 0 unspecified atom stereocenters. The Labute approximate surface area is 94.5 Å². The molecule has 0 N–H and O–H groups in total. The highest BCUT2D eigenvalue weighted by atomic mass is 19.1. The molecule has 0 radical (unpaired) electrons. The van der Waals surface area contributed by atoms with Crippen LogP contribution in [0.5, 0.6) is 5.75 Å². The van der Waals surface area contributed by atoms with Crippen LogP contribution in [0.4, 0.5) is 4.39 Å². The Bertz CT molecular complexity index is 506. The normalized spacial score (nSPS) is 10.2. The minimum atomic E-state index is -0.227. The standard InChI is InChI=1S/C14H13FO/c1-10-5-3-4-6-12(10)13-9-11(16-2)7-8-14(13)15/h3-9H,1-2H3. The lowest BCUT2D eigenvalue weighted by Crippen LogP contribution is -1.90. The summed E-state index contributed by atoms with van der Waals surface area (Å²) in [5, 5.41) is 0. The number of ether oxygens (including phenoxy) is 1. The van der Waals surface area contributed by atoms with E-state index in [0.29, 0.717) is 11.3 Å². The average molecular weight is 216 g/mol. The molecule has 0 heterocycles. The second kappa shape index (κ2) is 4.35. The zero-order valence-corrected chi connectivity index (χ0v) is 9.33. The predicted molar refractivity (Wildman–Crippen MR) is 63.1 cm³/mol. The summed E-state index contributed by atoms with van der Waals surface area (Å²) in [5.74, 6) is 0.440. The number of benzene rings is 2. The summed E-state index contributed by atoms with van der Waals surface area (Å²) in [6, 6.07) is 12.5. The van der Waals surface area contributed by atoms with Gasteiger partial charge in [0.25, 0.3) is 0 Å². The molecule has 0 fully saturated rings. The maximum atomic E-state index is 13.7. The van der Waals surface area contributed by atoms with Crippen LogP contribution in [0.25, 0.3) is 11.1 Å². The first-order valence-electron chi connectivity index (χ1n) is 5.12. The van der Waals surface area contributed by atoms with E-state index in [2.05, 4.69) is 0 Å². The van der Waals surface area contributed by atoms with Crippen LogP contribution in [-0.4, -0.2) is 7.11 Å². The first-order valence-corrected chi connectivity index (χ1v) is 5.12. The number of hydrogen-bond acceptors (Lipinski definition) is 1. The highest BCUT2D eigenvalue weighted by Gasteiger charge is 2.08. The van der Waals surface area contributed by atoms with Gasteiger partial charge in [0.2, 0.25) is 0 Å². The molecule has 0 atom stereocenters. The van der Waals surface area contributed by atoms with Crippen molar-refractivity contribution in [3.05, 3.63) is 53.8 Å². The molecule has 0 saturated carbocycles. The molecule has 0 aliphatic carbocycles. The number of rotatable bonds is 2. The molecule has 2 aromatic carbocycles. The van der Waals surface area contributed by atoms with Crippen molar-refractivity contribution in [3.8, 4) is 16.9 Å². The Morgan fingerprint density at radius 1 is 1.00 bits per heavy atom. The van der Waals surface area contributed by atoms with Crippen LogP contribution in [0.3, 0.4) is 0 Å². The number of hydrogen-bond donors (Lipinski definition) is 0. The Balaban J connectivity index is 2.59. The van der Waals surface area contributed by atoms with E-state index in [1.165, 1.54) is 6.07 Å². The zero-order valence-electron chi connectivity index (χ0n) is 9.33. The molecular weight excluding hydrogens is 203 g/mol. The van der Waals surface area contributed by atoms with E-state index < -0.39 is 0 Å². The van der Waals surface area contributed by atoms with Crippen molar-refractivity contribution in [2.45, 2.75) is 6.92 Å². The molecule has 2 aromatic rings. The molecule has 0 spiro atoms. The highest BCUT2D eigenvalue weighted by Crippen LogP contribution is 2.29. The summed E-state index contributed by atoms with van der Waals surface area (Å²) in [5.41, 5.74) is 2.53. The minimum absolute atomic E-state index is 0.227. The molecule has 0 aromatic heterocycles. The van der Waals surface area contributed by atoms with Gasteiger partial charge in [0.1, 0.15) is 11.6 Å². The Kier molecular flexibility index (Phi) is 2.91. The third-order valence-electron chi connectivity index (χ3n) is 2.61. The summed E-state index contributed by atoms with van der Waals surface area (Å²) < 4.78 is 18.8. The van der Waals surface area contributed by atoms with E-state index in [-0.39, 0.29) is 5.82 Å². The monoisotopic (exact) mass is 216 g/mol. The van der Waals surface area contributed by atoms with Crippen molar-refractivity contribution in [2.75, 3.05) is 7.11 Å². The van der Waals surface area contributed by atoms with Gasteiger partial charge in [-0.3, -0.25) is 0 Å². The fourth-order valence-electron chi connectivity index (χ4n) is 1.71. The van der Waals surface area contributed by atoms with Gasteiger partial charge in [-0.2, -0.15) is 0 Å². The first-order chi connectivity index (χ1) is 7.72. The van der Waals surface area contributed by atoms with Crippen LogP contribution in [-0.2, 0) is 0 Å². The molecule has 0 aliphatic rings. The quantitative estimate of drug-likeness (QED) is 0.741. The molecule has 1 nitrogen and oxygen atoms in total. The van der Waals surface area contributed by atoms with Gasteiger partial charge in [0.05, 0.1) is 7.11 Å². The van der Waals surface area contributed by atoms with Crippen LogP contribution < -0.4 is 4.74 Å². The van der Waals surface area contributed by atoms with Crippen LogP contribution in [0, 0.1) is 12.7 Å². The van der Waals surface area contributed by atoms with E-state index in [4.69, 9.17) is 4.74 Å². The van der Waals surface area contributed by atoms with E-state index in [1.807, 2.05) is 31.2 Å². The number of halogens is 1. The van der Waals surface area contributed by atoms with Crippen molar-refractivity contribution in [2.24, 2.45) is 0 Å². The van der Waals surface area contributed by atoms with Crippen molar-refractivity contribution in [1.29, 1.82) is 0 Å². The lowest BCUT2D eigenvalue weighted by molar-refractivity contribution is 0.414. The van der Waals surface area contributed by atoms with Gasteiger partial charge in [0.15, 0.2) is 0 Å². The Hall–Kier alpha value is -1.83. The minimum Gasteiger partial charge on any atom is -0.497 e. The van der Waals surface area contributed by atoms with Crippen LogP contribution in [0.2, 0.25) is 0 Å². The molecule has 0 amide bonds. The van der Waals surface area contributed by atoms with Gasteiger partial charge >= 0.3 is 0 Å². The van der Waals surface area contributed by atoms with Gasteiger partial charge in [-0.05, 0) is 36.2 Å². The molecule has 82 valence electrons. The predicted octanol–water partition coefficient (Wildman–Crippen LogP) is 3.81. The summed E-state index contributed by atoms with van der Waals surface area (Å²) in [7, 11) is 1.58. The highest BCUT2D eigenvalue weighted by molar-refractivity contribution is 5.69. The smallest absolute Gasteiger partial charge is 0.131 e. The van der Waals surface area contributed by atoms with Gasteiger partial charge in [-0.1, -0.05) is 24.3 Å². The second-order valence-electron chi connectivity index (χ2n) is 3.66. The van der Waals surface area contributed by atoms with Crippen LogP contribution in [0.1, 0.15) is 5.56 Å². The third-order valence-corrected chi connectivity index (χ3v) is 2.61. The van der Waals surface area contributed by atoms with Crippen molar-refractivity contribution in [1.82, 2.24) is 0 Å². The fourth-order valence-corrected chi connectivity index (χ4v) is 1.71. The van der Waals surface area contributed by atoms with E-state index in [1.54, 1.807) is 19.2 Å². The lowest BCUT2D eigenvalue weighted by Gasteiger charge is -2.08. The van der Waals surface area contributed by atoms with Gasteiger partial charge < -0.3 is 4.74 Å². The third kappa shape index (κ3) is 1.91. The molecular formula is C14H13FO. The van der Waals surface area contributed by atoms with Crippen molar-refractivity contribution in [3.63, 3.8) is 0 Å². The fraction of sp³-hybridized carbons (Fsp3) is 0.143. The van der Waals surface area contributed by atoms with Crippen LogP contribution >= 0.6 is 0 Å². The number of methoxy groups -OCH3 is 1. The zero-order chi connectivity index (χ0) is 11.5. The van der Waals surface area contributed by atoms with Gasteiger partial charge in [-0.15, -0.1) is 0 Å². The molecule has 16 heavy (non-hydrogen) atoms. The molecule has 2 rings (SSSR count). The molecule has 0 aliphatic heterocycles. The Morgan fingerprint density at radius 3 is 2.44 bits per heavy atom. The summed E-state index contributed by atoms with van der Waals surface area (Å²) >= 11 is 0.